The summed E-state index contributed by atoms with van der Waals surface area (Å²) in [5, 5.41) is 0.302. The van der Waals surface area contributed by atoms with Gasteiger partial charge in [-0.2, -0.15) is 0 Å². The number of hydrogen-bond acceptors (Lipinski definition) is 10. The third-order valence-electron chi connectivity index (χ3n) is 5.71. The van der Waals surface area contributed by atoms with Gasteiger partial charge in [0, 0.05) is 62.5 Å². The van der Waals surface area contributed by atoms with Gasteiger partial charge in [-0.15, -0.1) is 0 Å². The predicted octanol–water partition coefficient (Wildman–Crippen LogP) is 1.25. The average molecular weight is 592 g/mol. The molecule has 0 aliphatic rings. The summed E-state index contributed by atoms with van der Waals surface area (Å²) >= 11 is 0. The standard InChI is InChI=1S/C20H29N3O10S2Si2/c1-8-15-10-9-11-18(20(15)37(31-5,32-6)33-7)34(24,25)19-14-16(36(28-2,29-3)30-4)12-13-17(19)35(26,27)23-22-21/h9-14H,8H2,1-7H3. The molecule has 0 radical (unpaired) electrons. The Morgan fingerprint density at radius 1 is 0.784 bits per heavy atom. The highest BCUT2D eigenvalue weighted by molar-refractivity contribution is 7.94. The lowest BCUT2D eigenvalue weighted by atomic mass is 10.2. The van der Waals surface area contributed by atoms with Crippen molar-refractivity contribution in [1.29, 1.82) is 0 Å². The molecule has 13 nitrogen and oxygen atoms in total. The van der Waals surface area contributed by atoms with Crippen LogP contribution in [0, 0.1) is 0 Å². The normalized spacial score (nSPS) is 12.8. The van der Waals surface area contributed by atoms with Crippen LogP contribution in [0.15, 0.2) is 55.6 Å². The zero-order valence-electron chi connectivity index (χ0n) is 21.4. The van der Waals surface area contributed by atoms with Crippen LogP contribution in [0.3, 0.4) is 0 Å². The molecule has 0 fully saturated rings. The second-order valence-electron chi connectivity index (χ2n) is 7.29. The molecule has 0 heterocycles. The van der Waals surface area contributed by atoms with Crippen molar-refractivity contribution in [2.75, 3.05) is 42.7 Å². The van der Waals surface area contributed by atoms with Gasteiger partial charge in [0.05, 0.1) is 14.7 Å². The van der Waals surface area contributed by atoms with Crippen molar-refractivity contribution in [3.05, 3.63) is 52.4 Å². The lowest BCUT2D eigenvalue weighted by Gasteiger charge is -2.29. The highest BCUT2D eigenvalue weighted by Gasteiger charge is 2.48. The molecule has 0 aliphatic heterocycles. The first kappa shape index (κ1) is 31.1. The number of nitrogens with zero attached hydrogens (tertiary/aromatic N) is 3. The third kappa shape index (κ3) is 5.52. The molecule has 0 spiro atoms. The third-order valence-corrected chi connectivity index (χ3v) is 14.5. The van der Waals surface area contributed by atoms with E-state index in [4.69, 9.17) is 32.1 Å². The Balaban J connectivity index is 3.13. The summed E-state index contributed by atoms with van der Waals surface area (Å²) in [6.07, 6.45) is 0.389. The van der Waals surface area contributed by atoms with Crippen molar-refractivity contribution >= 4 is 47.8 Å². The second-order valence-corrected chi connectivity index (χ2v) is 16.5. The Morgan fingerprint density at radius 2 is 1.32 bits per heavy atom. The van der Waals surface area contributed by atoms with E-state index < -0.39 is 47.3 Å². The molecule has 204 valence electrons. The number of aryl methyl sites for hydroxylation is 1. The summed E-state index contributed by atoms with van der Waals surface area (Å²) in [4.78, 5) is 0.631. The predicted molar refractivity (Wildman–Crippen MR) is 137 cm³/mol. The molecular weight excluding hydrogens is 563 g/mol. The molecule has 17 heteroatoms. The minimum absolute atomic E-state index is 0.149. The number of benzene rings is 2. The second kappa shape index (κ2) is 12.1. The summed E-state index contributed by atoms with van der Waals surface area (Å²) in [5.41, 5.74) is 9.38. The van der Waals surface area contributed by atoms with E-state index in [1.54, 1.807) is 6.07 Å². The van der Waals surface area contributed by atoms with Crippen LogP contribution in [0.4, 0.5) is 0 Å². The van der Waals surface area contributed by atoms with Gasteiger partial charge in [0.25, 0.3) is 10.0 Å². The minimum Gasteiger partial charge on any atom is -0.373 e. The molecule has 0 atom stereocenters. The van der Waals surface area contributed by atoms with Crippen molar-refractivity contribution in [3.8, 4) is 0 Å². The van der Waals surface area contributed by atoms with Gasteiger partial charge in [0.1, 0.15) is 0 Å². The summed E-state index contributed by atoms with van der Waals surface area (Å²) in [6, 6.07) is 7.87. The fourth-order valence-corrected chi connectivity index (χ4v) is 11.7. The van der Waals surface area contributed by atoms with Crippen molar-refractivity contribution in [2.45, 2.75) is 28.0 Å². The van der Waals surface area contributed by atoms with Gasteiger partial charge in [0.2, 0.25) is 9.84 Å². The Bertz CT molecular complexity index is 1370. The Hall–Kier alpha value is -2.16. The van der Waals surface area contributed by atoms with E-state index in [1.807, 2.05) is 6.92 Å². The molecule has 0 saturated heterocycles. The van der Waals surface area contributed by atoms with Gasteiger partial charge >= 0.3 is 17.6 Å². The summed E-state index contributed by atoms with van der Waals surface area (Å²) in [5.74, 6) is 0. The Morgan fingerprint density at radius 3 is 1.78 bits per heavy atom. The number of azide groups is 1. The molecule has 2 aromatic carbocycles. The van der Waals surface area contributed by atoms with E-state index in [9.17, 15) is 16.8 Å². The first-order valence-corrected chi connectivity index (χ1v) is 17.0. The molecule has 0 aliphatic carbocycles. The topological polar surface area (TPSA) is 172 Å². The lowest BCUT2D eigenvalue weighted by Crippen LogP contribution is -2.57. The first-order valence-electron chi connectivity index (χ1n) is 10.6. The van der Waals surface area contributed by atoms with Gasteiger partial charge in [-0.3, -0.25) is 0 Å². The van der Waals surface area contributed by atoms with E-state index >= 15 is 0 Å². The maximum absolute atomic E-state index is 14.3. The molecule has 2 aromatic rings. The molecule has 0 bridgehead atoms. The zero-order chi connectivity index (χ0) is 28.1. The van der Waals surface area contributed by atoms with Crippen LogP contribution in [0.1, 0.15) is 12.5 Å². The summed E-state index contributed by atoms with van der Waals surface area (Å²) in [7, 11) is -8.88. The lowest BCUT2D eigenvalue weighted by molar-refractivity contribution is 0.139. The fourth-order valence-electron chi connectivity index (χ4n) is 3.93. The van der Waals surface area contributed by atoms with Crippen LogP contribution in [-0.4, -0.2) is 77.1 Å². The van der Waals surface area contributed by atoms with E-state index in [1.165, 1.54) is 60.9 Å². The smallest absolute Gasteiger partial charge is 0.373 e. The van der Waals surface area contributed by atoms with Crippen molar-refractivity contribution in [2.24, 2.45) is 4.52 Å². The average Bonchev–Trinajstić information content (AvgIpc) is 2.91. The molecule has 0 unspecified atom stereocenters. The van der Waals surface area contributed by atoms with E-state index in [-0.39, 0.29) is 15.3 Å². The Labute approximate surface area is 218 Å². The molecule has 0 saturated carbocycles. The SMILES string of the molecule is CCc1cccc(S(=O)(=O)c2cc([Si](OC)(OC)OC)ccc2S(=O)(=O)N=[N+]=[N-])c1[Si](OC)(OC)OC. The highest BCUT2D eigenvalue weighted by Crippen LogP contribution is 2.30. The largest absolute Gasteiger partial charge is 0.538 e. The Kier molecular flexibility index (Phi) is 10.2. The maximum Gasteiger partial charge on any atom is 0.538 e. The van der Waals surface area contributed by atoms with Crippen LogP contribution >= 0.6 is 0 Å². The molecule has 0 N–H and O–H groups in total. The number of hydrogen-bond donors (Lipinski definition) is 0. The maximum atomic E-state index is 14.3. The van der Waals surface area contributed by atoms with Crippen molar-refractivity contribution in [1.82, 2.24) is 0 Å². The molecule has 0 aromatic heterocycles. The monoisotopic (exact) mass is 591 g/mol. The minimum atomic E-state index is -4.76. The number of sulfone groups is 1. The van der Waals surface area contributed by atoms with Crippen LogP contribution in [0.2, 0.25) is 0 Å². The summed E-state index contributed by atoms with van der Waals surface area (Å²) < 4.78 is 90.2. The van der Waals surface area contributed by atoms with Gasteiger partial charge in [-0.05, 0) is 35.7 Å². The highest BCUT2D eigenvalue weighted by atomic mass is 32.2. The van der Waals surface area contributed by atoms with Crippen LogP contribution < -0.4 is 10.4 Å². The quantitative estimate of drug-likeness (QED) is 0.143. The molecule has 0 amide bonds. The van der Waals surface area contributed by atoms with E-state index in [0.29, 0.717) is 12.0 Å². The van der Waals surface area contributed by atoms with Crippen molar-refractivity contribution < 1.29 is 43.4 Å². The molecule has 37 heavy (non-hydrogen) atoms. The van der Waals surface area contributed by atoms with Crippen LogP contribution in [-0.2, 0) is 52.8 Å². The number of sulfonamides is 1. The first-order chi connectivity index (χ1) is 17.4. The van der Waals surface area contributed by atoms with E-state index in [0.717, 1.165) is 12.1 Å². The fraction of sp³-hybridized carbons (Fsp3) is 0.400. The zero-order valence-corrected chi connectivity index (χ0v) is 25.0. The summed E-state index contributed by atoms with van der Waals surface area (Å²) in [6.45, 7) is 1.81. The van der Waals surface area contributed by atoms with Crippen LogP contribution in [0.25, 0.3) is 10.4 Å². The van der Waals surface area contributed by atoms with Crippen LogP contribution in [0.5, 0.6) is 0 Å². The van der Waals surface area contributed by atoms with E-state index in [2.05, 4.69) is 9.43 Å². The van der Waals surface area contributed by atoms with Gasteiger partial charge < -0.3 is 26.6 Å². The number of rotatable bonds is 13. The van der Waals surface area contributed by atoms with Gasteiger partial charge in [-0.1, -0.05) is 25.1 Å². The molecular formula is C20H29N3O10S2Si2. The van der Waals surface area contributed by atoms with Gasteiger partial charge in [-0.25, -0.2) is 16.8 Å². The molecule has 2 rings (SSSR count). The van der Waals surface area contributed by atoms with Gasteiger partial charge in [0.15, 0.2) is 0 Å². The van der Waals surface area contributed by atoms with Crippen molar-refractivity contribution in [3.63, 3.8) is 0 Å².